The topological polar surface area (TPSA) is 66.0 Å². The Labute approximate surface area is 123 Å². The second-order valence-electron chi connectivity index (χ2n) is 4.60. The Morgan fingerprint density at radius 3 is 2.67 bits per heavy atom. The molecule has 1 unspecified atom stereocenters. The van der Waals surface area contributed by atoms with Gasteiger partial charge in [-0.2, -0.15) is 5.10 Å². The molecule has 0 amide bonds. The van der Waals surface area contributed by atoms with Crippen LogP contribution in [0.2, 0.25) is 0 Å². The van der Waals surface area contributed by atoms with E-state index in [-0.39, 0.29) is 6.04 Å². The van der Waals surface area contributed by atoms with E-state index in [9.17, 15) is 0 Å². The first-order valence-electron chi connectivity index (χ1n) is 6.64. The molecule has 1 aromatic carbocycles. The molecule has 2 aromatic heterocycles. The molecule has 5 heteroatoms. The molecule has 106 valence electrons. The van der Waals surface area contributed by atoms with E-state index in [4.69, 9.17) is 10.5 Å². The quantitative estimate of drug-likeness (QED) is 0.796. The molecule has 3 aromatic rings. The van der Waals surface area contributed by atoms with Gasteiger partial charge in [-0.1, -0.05) is 18.2 Å². The summed E-state index contributed by atoms with van der Waals surface area (Å²) in [5, 5.41) is 4.37. The van der Waals surface area contributed by atoms with Gasteiger partial charge in [0.25, 0.3) is 0 Å². The summed E-state index contributed by atoms with van der Waals surface area (Å²) in [5.74, 6) is 0.672. The lowest BCUT2D eigenvalue weighted by Gasteiger charge is -2.17. The summed E-state index contributed by atoms with van der Waals surface area (Å²) in [6.45, 7) is 0. The predicted molar refractivity (Wildman–Crippen MR) is 80.4 cm³/mol. The summed E-state index contributed by atoms with van der Waals surface area (Å²) in [4.78, 5) is 4.06. The normalized spacial score (nSPS) is 12.1. The number of benzene rings is 1. The van der Waals surface area contributed by atoms with Crippen molar-refractivity contribution in [2.24, 2.45) is 5.73 Å². The molecule has 21 heavy (non-hydrogen) atoms. The first kappa shape index (κ1) is 13.3. The van der Waals surface area contributed by atoms with Gasteiger partial charge in [0.05, 0.1) is 30.7 Å². The molecule has 0 radical (unpaired) electrons. The third-order valence-electron chi connectivity index (χ3n) is 3.36. The van der Waals surface area contributed by atoms with Crippen molar-refractivity contribution in [1.29, 1.82) is 0 Å². The zero-order valence-corrected chi connectivity index (χ0v) is 11.7. The first-order valence-corrected chi connectivity index (χ1v) is 6.64. The third kappa shape index (κ3) is 2.51. The summed E-state index contributed by atoms with van der Waals surface area (Å²) in [6.07, 6.45) is 5.12. The molecule has 0 aliphatic heterocycles. The Balaban J connectivity index is 2.04. The lowest BCUT2D eigenvalue weighted by Crippen LogP contribution is -2.17. The molecule has 3 rings (SSSR count). The van der Waals surface area contributed by atoms with Gasteiger partial charge in [0.2, 0.25) is 0 Å². The van der Waals surface area contributed by atoms with E-state index in [0.29, 0.717) is 5.75 Å². The molecule has 1 atom stereocenters. The van der Waals surface area contributed by atoms with Gasteiger partial charge in [0.15, 0.2) is 0 Å². The van der Waals surface area contributed by atoms with Crippen LogP contribution in [0.3, 0.4) is 0 Å². The SMILES string of the molecule is COc1cnccc1C(N)c1ccnn1-c1ccccc1. The molecule has 0 fully saturated rings. The van der Waals surface area contributed by atoms with E-state index in [1.165, 1.54) is 0 Å². The van der Waals surface area contributed by atoms with E-state index in [1.54, 1.807) is 25.7 Å². The number of hydrogen-bond acceptors (Lipinski definition) is 4. The maximum atomic E-state index is 6.41. The van der Waals surface area contributed by atoms with Crippen molar-refractivity contribution in [2.75, 3.05) is 7.11 Å². The molecular weight excluding hydrogens is 264 g/mol. The van der Waals surface area contributed by atoms with Crippen LogP contribution in [-0.2, 0) is 0 Å². The van der Waals surface area contributed by atoms with Crippen LogP contribution in [0, 0.1) is 0 Å². The van der Waals surface area contributed by atoms with Gasteiger partial charge in [-0.15, -0.1) is 0 Å². The van der Waals surface area contributed by atoms with Crippen LogP contribution in [0.25, 0.3) is 5.69 Å². The van der Waals surface area contributed by atoms with E-state index in [2.05, 4.69) is 10.1 Å². The minimum absolute atomic E-state index is 0.342. The molecule has 0 saturated carbocycles. The zero-order chi connectivity index (χ0) is 14.7. The van der Waals surface area contributed by atoms with Crippen LogP contribution in [0.5, 0.6) is 5.75 Å². The van der Waals surface area contributed by atoms with E-state index < -0.39 is 0 Å². The summed E-state index contributed by atoms with van der Waals surface area (Å²) in [7, 11) is 1.61. The minimum atomic E-state index is -0.342. The number of ether oxygens (including phenoxy) is 1. The molecule has 0 bridgehead atoms. The molecule has 0 saturated heterocycles. The summed E-state index contributed by atoms with van der Waals surface area (Å²) in [5.41, 5.74) is 9.15. The second-order valence-corrected chi connectivity index (χ2v) is 4.60. The monoisotopic (exact) mass is 280 g/mol. The molecule has 2 heterocycles. The standard InChI is InChI=1S/C16H16N4O/c1-21-15-11-18-9-7-13(15)16(17)14-8-10-19-20(14)12-5-3-2-4-6-12/h2-11,16H,17H2,1H3. The maximum absolute atomic E-state index is 6.41. The number of rotatable bonds is 4. The van der Waals surface area contributed by atoms with E-state index >= 15 is 0 Å². The number of nitrogens with zero attached hydrogens (tertiary/aromatic N) is 3. The highest BCUT2D eigenvalue weighted by Gasteiger charge is 2.18. The Kier molecular flexibility index (Phi) is 3.66. The lowest BCUT2D eigenvalue weighted by atomic mass is 10.1. The van der Waals surface area contributed by atoms with Crippen molar-refractivity contribution in [3.05, 3.63) is 72.3 Å². The van der Waals surface area contributed by atoms with Crippen LogP contribution in [0.15, 0.2) is 61.1 Å². The number of methoxy groups -OCH3 is 1. The van der Waals surface area contributed by atoms with Crippen molar-refractivity contribution in [1.82, 2.24) is 14.8 Å². The number of nitrogens with two attached hydrogens (primary N) is 1. The van der Waals surface area contributed by atoms with Crippen molar-refractivity contribution in [3.8, 4) is 11.4 Å². The lowest BCUT2D eigenvalue weighted by molar-refractivity contribution is 0.405. The smallest absolute Gasteiger partial charge is 0.142 e. The van der Waals surface area contributed by atoms with E-state index in [1.807, 2.05) is 47.1 Å². The summed E-state index contributed by atoms with van der Waals surface area (Å²) >= 11 is 0. The second kappa shape index (κ2) is 5.76. The number of aromatic nitrogens is 3. The average molecular weight is 280 g/mol. The van der Waals surface area contributed by atoms with Crippen molar-refractivity contribution < 1.29 is 4.74 Å². The van der Waals surface area contributed by atoms with Crippen molar-refractivity contribution >= 4 is 0 Å². The molecular formula is C16H16N4O. The van der Waals surface area contributed by atoms with Gasteiger partial charge < -0.3 is 10.5 Å². The summed E-state index contributed by atoms with van der Waals surface area (Å²) < 4.78 is 7.18. The van der Waals surface area contributed by atoms with Crippen LogP contribution < -0.4 is 10.5 Å². The maximum Gasteiger partial charge on any atom is 0.142 e. The third-order valence-corrected chi connectivity index (χ3v) is 3.36. The Morgan fingerprint density at radius 2 is 1.90 bits per heavy atom. The Bertz CT molecular complexity index is 724. The fraction of sp³-hybridized carbons (Fsp3) is 0.125. The number of hydrogen-bond donors (Lipinski definition) is 1. The highest BCUT2D eigenvalue weighted by Crippen LogP contribution is 2.28. The van der Waals surface area contributed by atoms with Crippen molar-refractivity contribution in [3.63, 3.8) is 0 Å². The van der Waals surface area contributed by atoms with Crippen molar-refractivity contribution in [2.45, 2.75) is 6.04 Å². The molecule has 0 aliphatic rings. The molecule has 5 nitrogen and oxygen atoms in total. The van der Waals surface area contributed by atoms with Gasteiger partial charge >= 0.3 is 0 Å². The predicted octanol–water partition coefficient (Wildman–Crippen LogP) is 2.32. The number of pyridine rings is 1. The van der Waals surface area contributed by atoms with Gasteiger partial charge in [-0.05, 0) is 24.3 Å². The summed E-state index contributed by atoms with van der Waals surface area (Å²) in [6, 6.07) is 13.3. The Morgan fingerprint density at radius 1 is 1.10 bits per heavy atom. The largest absolute Gasteiger partial charge is 0.495 e. The van der Waals surface area contributed by atoms with Gasteiger partial charge in [-0.25, -0.2) is 4.68 Å². The average Bonchev–Trinajstić information content (AvgIpc) is 3.04. The Hall–Kier alpha value is -2.66. The molecule has 0 aliphatic carbocycles. The van der Waals surface area contributed by atoms with Crippen LogP contribution >= 0.6 is 0 Å². The number of para-hydroxylation sites is 1. The highest BCUT2D eigenvalue weighted by atomic mass is 16.5. The van der Waals surface area contributed by atoms with E-state index in [0.717, 1.165) is 16.9 Å². The molecule has 0 spiro atoms. The van der Waals surface area contributed by atoms with Gasteiger partial charge in [0.1, 0.15) is 5.75 Å². The first-order chi connectivity index (χ1) is 10.3. The highest BCUT2D eigenvalue weighted by molar-refractivity contribution is 5.40. The minimum Gasteiger partial charge on any atom is -0.495 e. The fourth-order valence-corrected chi connectivity index (χ4v) is 2.31. The van der Waals surface area contributed by atoms with Gasteiger partial charge in [-0.3, -0.25) is 4.98 Å². The van der Waals surface area contributed by atoms with Crippen LogP contribution in [0.4, 0.5) is 0 Å². The fourth-order valence-electron chi connectivity index (χ4n) is 2.31. The van der Waals surface area contributed by atoms with Crippen LogP contribution in [-0.4, -0.2) is 21.9 Å². The molecule has 2 N–H and O–H groups in total. The zero-order valence-electron chi connectivity index (χ0n) is 11.7. The van der Waals surface area contributed by atoms with Crippen LogP contribution in [0.1, 0.15) is 17.3 Å². The van der Waals surface area contributed by atoms with Gasteiger partial charge in [0, 0.05) is 18.0 Å².